The number of pyridine rings is 1. The molecule has 102 valence electrons. The summed E-state index contributed by atoms with van der Waals surface area (Å²) in [5.74, 6) is -0.880. The zero-order valence-corrected chi connectivity index (χ0v) is 11.7. The average Bonchev–Trinajstić information content (AvgIpc) is 2.78. The van der Waals surface area contributed by atoms with Crippen molar-refractivity contribution >= 4 is 37.7 Å². The second kappa shape index (κ2) is 4.68. The van der Waals surface area contributed by atoms with Gasteiger partial charge in [0.2, 0.25) is 5.69 Å². The van der Waals surface area contributed by atoms with Gasteiger partial charge < -0.3 is 9.84 Å². The molecule has 6 nitrogen and oxygen atoms in total. The minimum Gasteiger partial charge on any atom is -0.504 e. The molecule has 0 aliphatic rings. The van der Waals surface area contributed by atoms with Crippen LogP contribution in [0.25, 0.3) is 20.4 Å². The summed E-state index contributed by atoms with van der Waals surface area (Å²) >= 11 is 1.28. The fourth-order valence-corrected chi connectivity index (χ4v) is 3.01. The van der Waals surface area contributed by atoms with Crippen molar-refractivity contribution in [3.8, 4) is 5.75 Å². The molecule has 3 rings (SSSR count). The number of thiophene rings is 1. The molecule has 0 amide bonds. The number of carbonyl (C=O) groups excluding carboxylic acids is 1. The van der Waals surface area contributed by atoms with Gasteiger partial charge in [0.15, 0.2) is 5.75 Å². The molecule has 0 radical (unpaired) electrons. The summed E-state index contributed by atoms with van der Waals surface area (Å²) in [6.45, 7) is 3.79. The van der Waals surface area contributed by atoms with E-state index in [-0.39, 0.29) is 18.1 Å². The lowest BCUT2D eigenvalue weighted by atomic mass is 10.2. The topological polar surface area (TPSA) is 85.2 Å². The van der Waals surface area contributed by atoms with Crippen LogP contribution in [0.3, 0.4) is 0 Å². The summed E-state index contributed by atoms with van der Waals surface area (Å²) in [6, 6.07) is 3.75. The van der Waals surface area contributed by atoms with Crippen molar-refractivity contribution < 1.29 is 14.6 Å². The van der Waals surface area contributed by atoms with Gasteiger partial charge >= 0.3 is 5.97 Å². The van der Waals surface area contributed by atoms with Crippen LogP contribution in [0.1, 0.15) is 23.1 Å². The van der Waals surface area contributed by atoms with Crippen molar-refractivity contribution in [1.82, 2.24) is 15.2 Å². The molecule has 0 saturated heterocycles. The largest absolute Gasteiger partial charge is 0.504 e. The number of rotatable bonds is 2. The van der Waals surface area contributed by atoms with E-state index in [1.807, 2.05) is 19.1 Å². The smallest absolute Gasteiger partial charge is 0.362 e. The van der Waals surface area contributed by atoms with Gasteiger partial charge in [-0.1, -0.05) is 0 Å². The maximum atomic E-state index is 11.7. The Balaban J connectivity index is 2.27. The Kier molecular flexibility index (Phi) is 2.98. The second-order valence-corrected chi connectivity index (χ2v) is 5.20. The summed E-state index contributed by atoms with van der Waals surface area (Å²) in [5.41, 5.74) is 1.26. The van der Waals surface area contributed by atoms with Gasteiger partial charge in [-0.05, 0) is 26.0 Å². The van der Waals surface area contributed by atoms with Crippen LogP contribution < -0.4 is 0 Å². The molecule has 0 aromatic carbocycles. The average molecular weight is 289 g/mol. The highest BCUT2D eigenvalue weighted by molar-refractivity contribution is 7.25. The van der Waals surface area contributed by atoms with E-state index in [2.05, 4.69) is 15.2 Å². The van der Waals surface area contributed by atoms with Crippen molar-refractivity contribution in [1.29, 1.82) is 0 Å². The molecular weight excluding hydrogens is 278 g/mol. The Bertz CT molecular complexity index is 828. The number of nitrogens with zero attached hydrogens (tertiary/aromatic N) is 3. The van der Waals surface area contributed by atoms with E-state index in [9.17, 15) is 9.90 Å². The van der Waals surface area contributed by atoms with Crippen LogP contribution in [0.4, 0.5) is 0 Å². The zero-order chi connectivity index (χ0) is 14.3. The predicted octanol–water partition coefficient (Wildman–Crippen LogP) is 2.43. The molecule has 0 atom stereocenters. The van der Waals surface area contributed by atoms with Gasteiger partial charge in [-0.25, -0.2) is 9.78 Å². The van der Waals surface area contributed by atoms with E-state index in [0.717, 1.165) is 15.9 Å². The lowest BCUT2D eigenvalue weighted by Gasteiger charge is -2.02. The minimum atomic E-state index is -0.680. The summed E-state index contributed by atoms with van der Waals surface area (Å²) in [6.07, 6.45) is 0. The first-order chi connectivity index (χ1) is 9.61. The van der Waals surface area contributed by atoms with E-state index in [1.165, 1.54) is 11.3 Å². The molecule has 3 aromatic heterocycles. The first kappa shape index (κ1) is 12.7. The molecule has 0 bridgehead atoms. The molecule has 3 aromatic rings. The third kappa shape index (κ3) is 1.87. The highest BCUT2D eigenvalue weighted by Gasteiger charge is 2.21. The van der Waals surface area contributed by atoms with Gasteiger partial charge in [0, 0.05) is 11.1 Å². The Morgan fingerprint density at radius 1 is 1.40 bits per heavy atom. The standard InChI is InChI=1S/C13H11N3O3S/c1-3-19-13(18)9-10(17)11-8(15-16-9)7-5-4-6(2)14-12(7)20-11/h4-5H,3H2,1-2H3,(H,15,17). The molecule has 20 heavy (non-hydrogen) atoms. The van der Waals surface area contributed by atoms with Gasteiger partial charge in [-0.2, -0.15) is 0 Å². The molecule has 3 heterocycles. The van der Waals surface area contributed by atoms with Gasteiger partial charge in [0.05, 0.1) is 6.61 Å². The predicted molar refractivity (Wildman–Crippen MR) is 75.1 cm³/mol. The molecule has 0 unspecified atom stereocenters. The second-order valence-electron chi connectivity index (χ2n) is 4.20. The Labute approximate surface area is 118 Å². The third-order valence-corrected chi connectivity index (χ3v) is 3.92. The summed E-state index contributed by atoms with van der Waals surface area (Å²) in [4.78, 5) is 16.8. The van der Waals surface area contributed by atoms with Crippen molar-refractivity contribution in [2.24, 2.45) is 0 Å². The van der Waals surface area contributed by atoms with Crippen LogP contribution in [-0.4, -0.2) is 32.9 Å². The van der Waals surface area contributed by atoms with E-state index in [0.29, 0.717) is 10.2 Å². The normalized spacial score (nSPS) is 11.1. The Hall–Kier alpha value is -2.28. The quantitative estimate of drug-likeness (QED) is 0.729. The van der Waals surface area contributed by atoms with Crippen molar-refractivity contribution in [3.63, 3.8) is 0 Å². The molecule has 0 aliphatic carbocycles. The number of aryl methyl sites for hydroxylation is 1. The van der Waals surface area contributed by atoms with Crippen LogP contribution in [0.15, 0.2) is 12.1 Å². The van der Waals surface area contributed by atoms with Gasteiger partial charge in [-0.3, -0.25) is 0 Å². The van der Waals surface area contributed by atoms with Crippen LogP contribution in [0.2, 0.25) is 0 Å². The Morgan fingerprint density at radius 2 is 2.20 bits per heavy atom. The SMILES string of the molecule is CCOC(=O)c1nnc2c(sc3nc(C)ccc32)c1O. The number of esters is 1. The number of hydrogen-bond acceptors (Lipinski definition) is 7. The number of ether oxygens (including phenoxy) is 1. The maximum Gasteiger partial charge on any atom is 0.362 e. The molecule has 0 fully saturated rings. The van der Waals surface area contributed by atoms with Crippen molar-refractivity contribution in [2.75, 3.05) is 6.61 Å². The number of aromatic hydroxyl groups is 1. The molecular formula is C13H11N3O3S. The summed E-state index contributed by atoms with van der Waals surface area (Å²) < 4.78 is 5.33. The molecule has 1 N–H and O–H groups in total. The maximum absolute atomic E-state index is 11.7. The first-order valence-corrected chi connectivity index (χ1v) is 6.86. The van der Waals surface area contributed by atoms with Crippen LogP contribution in [-0.2, 0) is 4.74 Å². The first-order valence-electron chi connectivity index (χ1n) is 6.04. The minimum absolute atomic E-state index is 0.164. The lowest BCUT2D eigenvalue weighted by Crippen LogP contribution is -2.08. The number of fused-ring (bicyclic) bond motifs is 3. The van der Waals surface area contributed by atoms with Gasteiger partial charge in [0.1, 0.15) is 15.0 Å². The van der Waals surface area contributed by atoms with E-state index in [1.54, 1.807) is 6.92 Å². The summed E-state index contributed by atoms with van der Waals surface area (Å²) in [7, 11) is 0. The van der Waals surface area contributed by atoms with Gasteiger partial charge in [0.25, 0.3) is 0 Å². The van der Waals surface area contributed by atoms with Crippen LogP contribution in [0.5, 0.6) is 5.75 Å². The Morgan fingerprint density at radius 3 is 2.95 bits per heavy atom. The molecule has 7 heteroatoms. The van der Waals surface area contributed by atoms with Crippen LogP contribution in [0, 0.1) is 6.92 Å². The van der Waals surface area contributed by atoms with E-state index < -0.39 is 5.97 Å². The lowest BCUT2D eigenvalue weighted by molar-refractivity contribution is 0.0515. The molecule has 0 aliphatic heterocycles. The van der Waals surface area contributed by atoms with E-state index >= 15 is 0 Å². The number of aromatic nitrogens is 3. The fourth-order valence-electron chi connectivity index (χ4n) is 1.91. The van der Waals surface area contributed by atoms with E-state index in [4.69, 9.17) is 4.74 Å². The fraction of sp³-hybridized carbons (Fsp3) is 0.231. The molecule has 0 spiro atoms. The van der Waals surface area contributed by atoms with Crippen molar-refractivity contribution in [3.05, 3.63) is 23.5 Å². The zero-order valence-electron chi connectivity index (χ0n) is 10.9. The monoisotopic (exact) mass is 289 g/mol. The number of carbonyl (C=O) groups is 1. The molecule has 0 saturated carbocycles. The van der Waals surface area contributed by atoms with Crippen LogP contribution >= 0.6 is 11.3 Å². The highest BCUT2D eigenvalue weighted by atomic mass is 32.1. The third-order valence-electron chi connectivity index (χ3n) is 2.83. The highest BCUT2D eigenvalue weighted by Crippen LogP contribution is 2.37. The summed E-state index contributed by atoms with van der Waals surface area (Å²) in [5, 5.41) is 18.8. The number of hydrogen-bond donors (Lipinski definition) is 1. The van der Waals surface area contributed by atoms with Gasteiger partial charge in [-0.15, -0.1) is 21.5 Å². The van der Waals surface area contributed by atoms with Crippen molar-refractivity contribution in [2.45, 2.75) is 13.8 Å².